The molecule has 100 valence electrons. The lowest BCUT2D eigenvalue weighted by Gasteiger charge is -2.07. The van der Waals surface area contributed by atoms with Crippen LogP contribution in [0.1, 0.15) is 21.6 Å². The number of aryl methyl sites for hydroxylation is 1. The molecule has 0 atom stereocenters. The molecular weight excluding hydrogens is 254 g/mol. The zero-order chi connectivity index (χ0) is 14.5. The van der Waals surface area contributed by atoms with E-state index in [0.29, 0.717) is 28.3 Å². The number of pyridine rings is 1. The molecule has 1 aromatic carbocycles. The number of hydrazine groups is 1. The van der Waals surface area contributed by atoms with Crippen LogP contribution < -0.4 is 16.6 Å². The average Bonchev–Trinajstić information content (AvgIpc) is 2.47. The van der Waals surface area contributed by atoms with Gasteiger partial charge in [0.15, 0.2) is 0 Å². The van der Waals surface area contributed by atoms with Crippen LogP contribution in [0.15, 0.2) is 36.4 Å². The molecule has 6 nitrogen and oxygen atoms in total. The average molecular weight is 267 g/mol. The van der Waals surface area contributed by atoms with Crippen LogP contribution >= 0.6 is 0 Å². The molecule has 20 heavy (non-hydrogen) atoms. The first kappa shape index (κ1) is 13.5. The molecule has 0 saturated heterocycles. The zero-order valence-electron chi connectivity index (χ0n) is 10.8. The van der Waals surface area contributed by atoms with Gasteiger partial charge in [-0.15, -0.1) is 0 Å². The zero-order valence-corrected chi connectivity index (χ0v) is 10.8. The quantitative estimate of drug-likeness (QED) is 0.581. The van der Waals surface area contributed by atoms with E-state index in [1.807, 2.05) is 6.07 Å². The highest BCUT2D eigenvalue weighted by Crippen LogP contribution is 2.13. The lowest BCUT2D eigenvalue weighted by molar-refractivity contribution is 0.102. The number of nitrogens with two attached hydrogens (primary N) is 1. The van der Waals surface area contributed by atoms with Crippen LogP contribution in [0.5, 0.6) is 0 Å². The molecule has 1 aromatic heterocycles. The minimum Gasteiger partial charge on any atom is -0.322 e. The minimum absolute atomic E-state index is 0.267. The summed E-state index contributed by atoms with van der Waals surface area (Å²) in [4.78, 5) is 16.2. The monoisotopic (exact) mass is 267 g/mol. The number of nitrogens with zero attached hydrogens (tertiary/aromatic N) is 2. The van der Waals surface area contributed by atoms with E-state index in [2.05, 4.69) is 15.7 Å². The van der Waals surface area contributed by atoms with Crippen molar-refractivity contribution >= 4 is 17.4 Å². The van der Waals surface area contributed by atoms with Crippen LogP contribution in [0.2, 0.25) is 0 Å². The Morgan fingerprint density at radius 2 is 2.00 bits per heavy atom. The Kier molecular flexibility index (Phi) is 3.93. The van der Waals surface area contributed by atoms with Crippen molar-refractivity contribution in [1.29, 1.82) is 5.26 Å². The van der Waals surface area contributed by atoms with Crippen molar-refractivity contribution in [2.24, 2.45) is 5.84 Å². The number of nitrogens with one attached hydrogen (secondary N) is 2. The first-order valence-electron chi connectivity index (χ1n) is 5.89. The van der Waals surface area contributed by atoms with E-state index in [0.717, 1.165) is 0 Å². The summed E-state index contributed by atoms with van der Waals surface area (Å²) in [5.74, 6) is 5.46. The highest BCUT2D eigenvalue weighted by atomic mass is 16.1. The molecule has 0 aliphatic carbocycles. The Labute approximate surface area is 116 Å². The second kappa shape index (κ2) is 5.82. The number of benzene rings is 1. The number of hydrogen-bond acceptors (Lipinski definition) is 5. The molecule has 0 aliphatic heterocycles. The van der Waals surface area contributed by atoms with Crippen molar-refractivity contribution in [3.8, 4) is 6.07 Å². The van der Waals surface area contributed by atoms with Crippen LogP contribution in [0.4, 0.5) is 11.5 Å². The molecule has 2 rings (SSSR count). The first-order valence-corrected chi connectivity index (χ1v) is 5.89. The highest BCUT2D eigenvalue weighted by molar-refractivity contribution is 6.04. The maximum atomic E-state index is 12.1. The summed E-state index contributed by atoms with van der Waals surface area (Å²) in [6, 6.07) is 11.9. The fraction of sp³-hybridized carbons (Fsp3) is 0.0714. The van der Waals surface area contributed by atoms with Crippen molar-refractivity contribution in [3.05, 3.63) is 53.2 Å². The Bertz CT molecular complexity index is 673. The van der Waals surface area contributed by atoms with Crippen LogP contribution in [0.25, 0.3) is 0 Å². The summed E-state index contributed by atoms with van der Waals surface area (Å²) in [5.41, 5.74) is 4.71. The van der Waals surface area contributed by atoms with Gasteiger partial charge in [-0.2, -0.15) is 5.26 Å². The van der Waals surface area contributed by atoms with Gasteiger partial charge in [0.05, 0.1) is 11.6 Å². The van der Waals surface area contributed by atoms with Crippen molar-refractivity contribution in [1.82, 2.24) is 4.98 Å². The van der Waals surface area contributed by atoms with Crippen LogP contribution in [0.3, 0.4) is 0 Å². The predicted molar refractivity (Wildman–Crippen MR) is 75.9 cm³/mol. The number of hydrogen-bond donors (Lipinski definition) is 3. The topological polar surface area (TPSA) is 104 Å². The SMILES string of the molecule is Cc1cc(C(=O)Nc2ccc(C#N)cc2)cc(NN)n1. The van der Waals surface area contributed by atoms with Gasteiger partial charge in [-0.3, -0.25) is 4.79 Å². The molecule has 0 saturated carbocycles. The normalized spacial score (nSPS) is 9.65. The molecule has 0 spiro atoms. The standard InChI is InChI=1S/C14H13N5O/c1-9-6-11(7-13(17-9)19-16)14(20)18-12-4-2-10(8-15)3-5-12/h2-7H,16H2,1H3,(H,17,19)(H,18,20). The van der Waals surface area contributed by atoms with Crippen molar-refractivity contribution < 1.29 is 4.79 Å². The van der Waals surface area contributed by atoms with Crippen molar-refractivity contribution in [2.75, 3.05) is 10.7 Å². The van der Waals surface area contributed by atoms with Gasteiger partial charge < -0.3 is 10.7 Å². The van der Waals surface area contributed by atoms with E-state index in [9.17, 15) is 4.79 Å². The third kappa shape index (κ3) is 3.10. The molecule has 2 aromatic rings. The molecule has 0 unspecified atom stereocenters. The van der Waals surface area contributed by atoms with E-state index < -0.39 is 0 Å². The van der Waals surface area contributed by atoms with Gasteiger partial charge in [-0.05, 0) is 43.3 Å². The van der Waals surface area contributed by atoms with Gasteiger partial charge in [-0.25, -0.2) is 10.8 Å². The van der Waals surface area contributed by atoms with Gasteiger partial charge in [0, 0.05) is 16.9 Å². The molecular formula is C14H13N5O. The highest BCUT2D eigenvalue weighted by Gasteiger charge is 2.08. The molecule has 0 aliphatic rings. The Hall–Kier alpha value is -2.91. The summed E-state index contributed by atoms with van der Waals surface area (Å²) >= 11 is 0. The number of nitrogen functional groups attached to an aromatic ring is 1. The number of rotatable bonds is 3. The summed E-state index contributed by atoms with van der Waals surface area (Å²) in [5, 5.41) is 11.5. The van der Waals surface area contributed by atoms with Crippen molar-refractivity contribution in [3.63, 3.8) is 0 Å². The van der Waals surface area contributed by atoms with Crippen LogP contribution in [-0.4, -0.2) is 10.9 Å². The smallest absolute Gasteiger partial charge is 0.255 e. The Morgan fingerprint density at radius 3 is 2.60 bits per heavy atom. The number of nitriles is 1. The number of amides is 1. The largest absolute Gasteiger partial charge is 0.322 e. The number of carbonyl (C=O) groups excluding carboxylic acids is 1. The summed E-state index contributed by atoms with van der Waals surface area (Å²) in [7, 11) is 0. The minimum atomic E-state index is -0.267. The number of aromatic nitrogens is 1. The van der Waals surface area contributed by atoms with E-state index in [-0.39, 0.29) is 5.91 Å². The fourth-order valence-electron chi connectivity index (χ4n) is 1.70. The van der Waals surface area contributed by atoms with E-state index in [1.54, 1.807) is 43.3 Å². The Morgan fingerprint density at radius 1 is 1.30 bits per heavy atom. The molecule has 0 radical (unpaired) electrons. The molecule has 4 N–H and O–H groups in total. The second-order valence-corrected chi connectivity index (χ2v) is 4.17. The van der Waals surface area contributed by atoms with Gasteiger partial charge in [-0.1, -0.05) is 0 Å². The molecule has 0 bridgehead atoms. The fourth-order valence-corrected chi connectivity index (χ4v) is 1.70. The van der Waals surface area contributed by atoms with Gasteiger partial charge in [0.25, 0.3) is 5.91 Å². The lowest BCUT2D eigenvalue weighted by Crippen LogP contribution is -2.15. The Balaban J connectivity index is 2.19. The van der Waals surface area contributed by atoms with E-state index >= 15 is 0 Å². The summed E-state index contributed by atoms with van der Waals surface area (Å²) < 4.78 is 0. The lowest BCUT2D eigenvalue weighted by atomic mass is 10.2. The first-order chi connectivity index (χ1) is 9.62. The maximum Gasteiger partial charge on any atom is 0.255 e. The summed E-state index contributed by atoms with van der Waals surface area (Å²) in [6.07, 6.45) is 0. The van der Waals surface area contributed by atoms with Gasteiger partial charge in [0.1, 0.15) is 5.82 Å². The van der Waals surface area contributed by atoms with Gasteiger partial charge >= 0.3 is 0 Å². The second-order valence-electron chi connectivity index (χ2n) is 4.17. The third-order valence-electron chi connectivity index (χ3n) is 2.64. The molecule has 1 heterocycles. The number of anilines is 2. The summed E-state index contributed by atoms with van der Waals surface area (Å²) in [6.45, 7) is 1.78. The maximum absolute atomic E-state index is 12.1. The molecule has 0 fully saturated rings. The van der Waals surface area contributed by atoms with E-state index in [4.69, 9.17) is 11.1 Å². The molecule has 6 heteroatoms. The van der Waals surface area contributed by atoms with Gasteiger partial charge in [0.2, 0.25) is 0 Å². The van der Waals surface area contributed by atoms with Crippen LogP contribution in [0, 0.1) is 18.3 Å². The number of carbonyl (C=O) groups is 1. The molecule has 1 amide bonds. The van der Waals surface area contributed by atoms with Crippen molar-refractivity contribution in [2.45, 2.75) is 6.92 Å². The van der Waals surface area contributed by atoms with Crippen LogP contribution in [-0.2, 0) is 0 Å². The predicted octanol–water partition coefficient (Wildman–Crippen LogP) is 1.80. The van der Waals surface area contributed by atoms with E-state index in [1.165, 1.54) is 0 Å². The third-order valence-corrected chi connectivity index (χ3v) is 2.64.